The van der Waals surface area contributed by atoms with Crippen molar-refractivity contribution < 1.29 is 4.74 Å². The SMILES string of the molecule is CCCCC1CC1(C)C(OC(C)N)C(C)C. The first-order chi connectivity index (χ1) is 7.41. The Morgan fingerprint density at radius 2 is 2.00 bits per heavy atom. The zero-order valence-electron chi connectivity index (χ0n) is 11.6. The third kappa shape index (κ3) is 3.21. The lowest BCUT2D eigenvalue weighted by atomic mass is 9.88. The molecule has 0 saturated heterocycles. The minimum atomic E-state index is -0.142. The van der Waals surface area contributed by atoms with Crippen LogP contribution in [0, 0.1) is 17.3 Å². The summed E-state index contributed by atoms with van der Waals surface area (Å²) in [6, 6.07) is 0. The average molecular weight is 227 g/mol. The second-order valence-electron chi connectivity index (χ2n) is 6.05. The number of unbranched alkanes of at least 4 members (excludes halogenated alkanes) is 1. The van der Waals surface area contributed by atoms with Crippen molar-refractivity contribution in [2.45, 2.75) is 72.6 Å². The number of nitrogens with two attached hydrogens (primary N) is 1. The predicted molar refractivity (Wildman–Crippen MR) is 69.1 cm³/mol. The van der Waals surface area contributed by atoms with Crippen LogP contribution in [-0.2, 0) is 4.74 Å². The van der Waals surface area contributed by atoms with Gasteiger partial charge in [0.2, 0.25) is 0 Å². The van der Waals surface area contributed by atoms with Crippen molar-refractivity contribution in [2.24, 2.45) is 23.0 Å². The second-order valence-corrected chi connectivity index (χ2v) is 6.05. The molecule has 1 saturated carbocycles. The van der Waals surface area contributed by atoms with Gasteiger partial charge in [-0.15, -0.1) is 0 Å². The Bertz CT molecular complexity index is 215. The van der Waals surface area contributed by atoms with Gasteiger partial charge in [0.05, 0.1) is 6.10 Å². The summed E-state index contributed by atoms with van der Waals surface area (Å²) in [7, 11) is 0. The molecule has 0 heterocycles. The Morgan fingerprint density at radius 3 is 2.44 bits per heavy atom. The lowest BCUT2D eigenvalue weighted by molar-refractivity contribution is -0.0657. The molecular formula is C14H29NO. The topological polar surface area (TPSA) is 35.2 Å². The molecule has 16 heavy (non-hydrogen) atoms. The molecule has 0 aliphatic heterocycles. The quantitative estimate of drug-likeness (QED) is 0.675. The van der Waals surface area contributed by atoms with Gasteiger partial charge in [-0.2, -0.15) is 0 Å². The molecule has 0 aromatic heterocycles. The van der Waals surface area contributed by atoms with Crippen LogP contribution in [0.4, 0.5) is 0 Å². The highest BCUT2D eigenvalue weighted by molar-refractivity contribution is 5.04. The third-order valence-electron chi connectivity index (χ3n) is 3.98. The summed E-state index contributed by atoms with van der Waals surface area (Å²) >= 11 is 0. The van der Waals surface area contributed by atoms with Gasteiger partial charge in [-0.05, 0) is 37.0 Å². The average Bonchev–Trinajstić information content (AvgIpc) is 2.83. The minimum absolute atomic E-state index is 0.142. The second kappa shape index (κ2) is 5.50. The molecule has 0 amide bonds. The van der Waals surface area contributed by atoms with E-state index in [1.54, 1.807) is 0 Å². The molecule has 0 aromatic carbocycles. The molecule has 1 aliphatic rings. The number of ether oxygens (including phenoxy) is 1. The highest BCUT2D eigenvalue weighted by Crippen LogP contribution is 2.59. The first kappa shape index (κ1) is 14.0. The van der Waals surface area contributed by atoms with Crippen LogP contribution in [-0.4, -0.2) is 12.3 Å². The van der Waals surface area contributed by atoms with Gasteiger partial charge in [0.25, 0.3) is 0 Å². The summed E-state index contributed by atoms with van der Waals surface area (Å²) < 4.78 is 5.93. The summed E-state index contributed by atoms with van der Waals surface area (Å²) in [6.07, 6.45) is 5.52. The minimum Gasteiger partial charge on any atom is -0.360 e. The van der Waals surface area contributed by atoms with E-state index < -0.39 is 0 Å². The van der Waals surface area contributed by atoms with Crippen LogP contribution in [0.2, 0.25) is 0 Å². The van der Waals surface area contributed by atoms with Gasteiger partial charge in [-0.3, -0.25) is 0 Å². The molecule has 2 N–H and O–H groups in total. The first-order valence-corrected chi connectivity index (χ1v) is 6.82. The van der Waals surface area contributed by atoms with Gasteiger partial charge in [-0.1, -0.05) is 40.5 Å². The summed E-state index contributed by atoms with van der Waals surface area (Å²) in [6.45, 7) is 11.1. The molecule has 4 unspecified atom stereocenters. The van der Waals surface area contributed by atoms with E-state index in [1.165, 1.54) is 25.7 Å². The van der Waals surface area contributed by atoms with Gasteiger partial charge in [0.1, 0.15) is 6.23 Å². The molecule has 0 bridgehead atoms. The first-order valence-electron chi connectivity index (χ1n) is 6.82. The molecule has 4 atom stereocenters. The predicted octanol–water partition coefficient (Wildman–Crippen LogP) is 3.55. The van der Waals surface area contributed by atoms with Crippen LogP contribution in [0.25, 0.3) is 0 Å². The van der Waals surface area contributed by atoms with E-state index in [-0.39, 0.29) is 6.23 Å². The van der Waals surface area contributed by atoms with Gasteiger partial charge in [0, 0.05) is 0 Å². The van der Waals surface area contributed by atoms with E-state index in [4.69, 9.17) is 10.5 Å². The lowest BCUT2D eigenvalue weighted by Crippen LogP contribution is -2.36. The molecule has 2 nitrogen and oxygen atoms in total. The Labute approximate surface area is 101 Å². The van der Waals surface area contributed by atoms with Gasteiger partial charge in [-0.25, -0.2) is 0 Å². The zero-order valence-corrected chi connectivity index (χ0v) is 11.6. The summed E-state index contributed by atoms with van der Waals surface area (Å²) in [5.41, 5.74) is 6.16. The molecule has 1 rings (SSSR count). The van der Waals surface area contributed by atoms with Crippen molar-refractivity contribution in [2.75, 3.05) is 0 Å². The van der Waals surface area contributed by atoms with E-state index in [0.717, 1.165) is 5.92 Å². The van der Waals surface area contributed by atoms with E-state index >= 15 is 0 Å². The maximum atomic E-state index is 5.93. The van der Waals surface area contributed by atoms with Gasteiger partial charge in [0.15, 0.2) is 0 Å². The fourth-order valence-electron chi connectivity index (χ4n) is 3.01. The van der Waals surface area contributed by atoms with Crippen molar-refractivity contribution in [3.8, 4) is 0 Å². The molecule has 0 aromatic rings. The summed E-state index contributed by atoms with van der Waals surface area (Å²) in [5.74, 6) is 1.42. The van der Waals surface area contributed by atoms with Gasteiger partial charge >= 0.3 is 0 Å². The van der Waals surface area contributed by atoms with E-state index in [0.29, 0.717) is 17.4 Å². The van der Waals surface area contributed by atoms with Gasteiger partial charge < -0.3 is 10.5 Å². The number of hydrogen-bond donors (Lipinski definition) is 1. The third-order valence-corrected chi connectivity index (χ3v) is 3.98. The Morgan fingerprint density at radius 1 is 1.38 bits per heavy atom. The van der Waals surface area contributed by atoms with Crippen molar-refractivity contribution in [3.63, 3.8) is 0 Å². The normalized spacial score (nSPS) is 32.8. The molecular weight excluding hydrogens is 198 g/mol. The molecule has 0 spiro atoms. The maximum Gasteiger partial charge on any atom is 0.103 e. The lowest BCUT2D eigenvalue weighted by Gasteiger charge is -2.30. The Hall–Kier alpha value is -0.0800. The molecule has 96 valence electrons. The highest BCUT2D eigenvalue weighted by Gasteiger charge is 2.55. The van der Waals surface area contributed by atoms with Crippen LogP contribution in [0.3, 0.4) is 0 Å². The van der Waals surface area contributed by atoms with Crippen molar-refractivity contribution in [1.29, 1.82) is 0 Å². The fraction of sp³-hybridized carbons (Fsp3) is 1.00. The van der Waals surface area contributed by atoms with Crippen LogP contribution in [0.15, 0.2) is 0 Å². The Kier molecular flexibility index (Phi) is 4.81. The fourth-order valence-corrected chi connectivity index (χ4v) is 3.01. The van der Waals surface area contributed by atoms with Crippen molar-refractivity contribution in [1.82, 2.24) is 0 Å². The molecule has 1 fully saturated rings. The van der Waals surface area contributed by atoms with E-state index in [1.807, 2.05) is 6.92 Å². The van der Waals surface area contributed by atoms with Crippen LogP contribution >= 0.6 is 0 Å². The maximum absolute atomic E-state index is 5.93. The molecule has 2 heteroatoms. The molecule has 1 aliphatic carbocycles. The van der Waals surface area contributed by atoms with E-state index in [9.17, 15) is 0 Å². The summed E-state index contributed by atoms with van der Waals surface area (Å²) in [5, 5.41) is 0. The monoisotopic (exact) mass is 227 g/mol. The molecule has 0 radical (unpaired) electrons. The van der Waals surface area contributed by atoms with Crippen LogP contribution < -0.4 is 5.73 Å². The standard InChI is InChI=1S/C14H29NO/c1-6-7-8-12-9-14(12,5)13(10(2)3)16-11(4)15/h10-13H,6-9,15H2,1-5H3. The largest absolute Gasteiger partial charge is 0.360 e. The number of hydrogen-bond acceptors (Lipinski definition) is 2. The van der Waals surface area contributed by atoms with Crippen LogP contribution in [0.1, 0.15) is 60.3 Å². The highest BCUT2D eigenvalue weighted by atomic mass is 16.5. The van der Waals surface area contributed by atoms with Crippen molar-refractivity contribution in [3.05, 3.63) is 0 Å². The Balaban J connectivity index is 2.52. The van der Waals surface area contributed by atoms with E-state index in [2.05, 4.69) is 27.7 Å². The van der Waals surface area contributed by atoms with Crippen molar-refractivity contribution >= 4 is 0 Å². The number of rotatable bonds is 7. The van der Waals surface area contributed by atoms with Crippen LogP contribution in [0.5, 0.6) is 0 Å². The zero-order chi connectivity index (χ0) is 12.3. The summed E-state index contributed by atoms with van der Waals surface area (Å²) in [4.78, 5) is 0. The smallest absolute Gasteiger partial charge is 0.103 e.